The van der Waals surface area contributed by atoms with E-state index in [1.807, 2.05) is 25.1 Å². The molecule has 1 unspecified atom stereocenters. The van der Waals surface area contributed by atoms with Crippen molar-refractivity contribution in [1.29, 1.82) is 0 Å². The molecule has 0 aliphatic carbocycles. The van der Waals surface area contributed by atoms with E-state index in [9.17, 15) is 8.78 Å². The molecular formula is C23H22F2N6O. The second-order valence-corrected chi connectivity index (χ2v) is 7.74. The van der Waals surface area contributed by atoms with E-state index in [0.29, 0.717) is 18.9 Å². The highest BCUT2D eigenvalue weighted by molar-refractivity contribution is 5.85. The summed E-state index contributed by atoms with van der Waals surface area (Å²) in [6, 6.07) is 8.90. The average molecular weight is 436 g/mol. The minimum absolute atomic E-state index is 0.299. The van der Waals surface area contributed by atoms with Gasteiger partial charge in [-0.1, -0.05) is 0 Å². The maximum atomic E-state index is 13.7. The molecule has 1 saturated heterocycles. The number of H-pyrrole nitrogens is 1. The Bertz CT molecular complexity index is 1220. The van der Waals surface area contributed by atoms with E-state index in [2.05, 4.69) is 25.4 Å². The number of benzene rings is 2. The van der Waals surface area contributed by atoms with Crippen LogP contribution < -0.4 is 10.2 Å². The molecule has 2 aromatic heterocycles. The Balaban J connectivity index is 1.59. The second-order valence-electron chi connectivity index (χ2n) is 7.74. The number of rotatable bonds is 5. The standard InChI is InChI=1S/C23H22F2N6O/c1-14(28-18-11-16(24)10-17(25)12-18)19-8-15(20-2-3-27-30-20)9-21-23(19)29-22(13-26-21)31-4-6-32-7-5-31/h2-3,8-14,28H,4-7H2,1H3,(H,27,30). The first kappa shape index (κ1) is 20.3. The predicted molar refractivity (Wildman–Crippen MR) is 119 cm³/mol. The summed E-state index contributed by atoms with van der Waals surface area (Å²) in [4.78, 5) is 11.7. The van der Waals surface area contributed by atoms with Gasteiger partial charge in [0, 0.05) is 42.2 Å². The zero-order chi connectivity index (χ0) is 22.1. The first-order valence-corrected chi connectivity index (χ1v) is 10.4. The highest BCUT2D eigenvalue weighted by Crippen LogP contribution is 2.31. The summed E-state index contributed by atoms with van der Waals surface area (Å²) in [5.74, 6) is -0.493. The molecule has 0 saturated carbocycles. The highest BCUT2D eigenvalue weighted by Gasteiger charge is 2.19. The van der Waals surface area contributed by atoms with Crippen LogP contribution in [0, 0.1) is 11.6 Å². The van der Waals surface area contributed by atoms with Gasteiger partial charge >= 0.3 is 0 Å². The zero-order valence-electron chi connectivity index (χ0n) is 17.5. The zero-order valence-corrected chi connectivity index (χ0v) is 17.5. The molecule has 5 rings (SSSR count). The molecule has 0 spiro atoms. The number of aromatic nitrogens is 4. The van der Waals surface area contributed by atoms with Gasteiger partial charge in [0.1, 0.15) is 17.5 Å². The number of halogens is 2. The van der Waals surface area contributed by atoms with E-state index >= 15 is 0 Å². The fourth-order valence-corrected chi connectivity index (χ4v) is 3.94. The van der Waals surface area contributed by atoms with Crippen molar-refractivity contribution >= 4 is 22.5 Å². The van der Waals surface area contributed by atoms with Crippen molar-refractivity contribution in [1.82, 2.24) is 20.2 Å². The molecule has 3 heterocycles. The van der Waals surface area contributed by atoms with Gasteiger partial charge in [-0.3, -0.25) is 10.1 Å². The Morgan fingerprint density at radius 2 is 1.88 bits per heavy atom. The maximum absolute atomic E-state index is 13.7. The van der Waals surface area contributed by atoms with Crippen LogP contribution in [0.15, 0.2) is 48.8 Å². The summed E-state index contributed by atoms with van der Waals surface area (Å²) in [5, 5.41) is 10.3. The predicted octanol–water partition coefficient (Wildman–Crippen LogP) is 4.31. The topological polar surface area (TPSA) is 79.0 Å². The highest BCUT2D eigenvalue weighted by atomic mass is 19.1. The molecule has 7 nitrogen and oxygen atoms in total. The van der Waals surface area contributed by atoms with Crippen LogP contribution in [0.25, 0.3) is 22.3 Å². The third kappa shape index (κ3) is 4.11. The minimum Gasteiger partial charge on any atom is -0.378 e. The summed E-state index contributed by atoms with van der Waals surface area (Å²) in [6.45, 7) is 4.71. The first-order valence-electron chi connectivity index (χ1n) is 10.4. The van der Waals surface area contributed by atoms with E-state index < -0.39 is 11.6 Å². The van der Waals surface area contributed by atoms with Crippen LogP contribution in [0.4, 0.5) is 20.3 Å². The first-order chi connectivity index (χ1) is 15.6. The number of hydrogen-bond donors (Lipinski definition) is 2. The Morgan fingerprint density at radius 3 is 2.59 bits per heavy atom. The number of nitrogens with one attached hydrogen (secondary N) is 2. The van der Waals surface area contributed by atoms with Crippen LogP contribution in [0.3, 0.4) is 0 Å². The summed E-state index contributed by atoms with van der Waals surface area (Å²) in [7, 11) is 0. The van der Waals surface area contributed by atoms with Crippen LogP contribution in [0.5, 0.6) is 0 Å². The van der Waals surface area contributed by atoms with Gasteiger partial charge in [0.05, 0.1) is 42.2 Å². The largest absolute Gasteiger partial charge is 0.378 e. The monoisotopic (exact) mass is 436 g/mol. The van der Waals surface area contributed by atoms with E-state index in [0.717, 1.165) is 52.8 Å². The molecule has 0 amide bonds. The normalized spacial score (nSPS) is 15.2. The maximum Gasteiger partial charge on any atom is 0.148 e. The quantitative estimate of drug-likeness (QED) is 0.486. The van der Waals surface area contributed by atoms with Crippen LogP contribution >= 0.6 is 0 Å². The van der Waals surface area contributed by atoms with E-state index in [1.54, 1.807) is 12.4 Å². The van der Waals surface area contributed by atoms with Crippen LogP contribution in [0.2, 0.25) is 0 Å². The molecular weight excluding hydrogens is 414 g/mol. The molecule has 0 bridgehead atoms. The minimum atomic E-state index is -0.635. The number of aromatic amines is 1. The lowest BCUT2D eigenvalue weighted by atomic mass is 10.0. The number of nitrogens with zero attached hydrogens (tertiary/aromatic N) is 4. The van der Waals surface area contributed by atoms with Crippen molar-refractivity contribution in [3.8, 4) is 11.3 Å². The van der Waals surface area contributed by atoms with Crippen molar-refractivity contribution in [3.63, 3.8) is 0 Å². The number of anilines is 2. The smallest absolute Gasteiger partial charge is 0.148 e. The van der Waals surface area contributed by atoms with Crippen molar-refractivity contribution in [2.24, 2.45) is 0 Å². The van der Waals surface area contributed by atoms with Crippen LogP contribution in [-0.2, 0) is 4.74 Å². The fourth-order valence-electron chi connectivity index (χ4n) is 3.94. The molecule has 2 aromatic carbocycles. The summed E-state index contributed by atoms with van der Waals surface area (Å²) < 4.78 is 32.9. The van der Waals surface area contributed by atoms with Crippen LogP contribution in [-0.4, -0.2) is 46.5 Å². The third-order valence-corrected chi connectivity index (χ3v) is 5.51. The molecule has 1 fully saturated rings. The summed E-state index contributed by atoms with van der Waals surface area (Å²) >= 11 is 0. The Morgan fingerprint density at radius 1 is 1.09 bits per heavy atom. The number of morpholine rings is 1. The van der Waals surface area contributed by atoms with Gasteiger partial charge in [0.25, 0.3) is 0 Å². The second kappa shape index (κ2) is 8.51. The molecule has 1 aliphatic rings. The molecule has 4 aromatic rings. The Kier molecular flexibility index (Phi) is 5.40. The van der Waals surface area contributed by atoms with E-state index in [4.69, 9.17) is 9.72 Å². The lowest BCUT2D eigenvalue weighted by Gasteiger charge is -2.28. The Labute approximate surface area is 183 Å². The van der Waals surface area contributed by atoms with Gasteiger partial charge in [-0.2, -0.15) is 5.10 Å². The molecule has 1 atom stereocenters. The van der Waals surface area contributed by atoms with Crippen molar-refractivity contribution < 1.29 is 13.5 Å². The number of hydrogen-bond acceptors (Lipinski definition) is 6. The Hall–Kier alpha value is -3.59. The number of ether oxygens (including phenoxy) is 1. The van der Waals surface area contributed by atoms with Gasteiger partial charge in [0.15, 0.2) is 0 Å². The van der Waals surface area contributed by atoms with E-state index in [1.165, 1.54) is 12.1 Å². The molecule has 9 heteroatoms. The van der Waals surface area contributed by atoms with Gasteiger partial charge in [-0.15, -0.1) is 0 Å². The molecule has 1 aliphatic heterocycles. The van der Waals surface area contributed by atoms with Crippen LogP contribution in [0.1, 0.15) is 18.5 Å². The number of fused-ring (bicyclic) bond motifs is 1. The van der Waals surface area contributed by atoms with Gasteiger partial charge < -0.3 is 15.0 Å². The van der Waals surface area contributed by atoms with Gasteiger partial charge in [-0.05, 0) is 37.3 Å². The summed E-state index contributed by atoms with van der Waals surface area (Å²) in [5.41, 5.74) is 4.30. The molecule has 164 valence electrons. The lowest BCUT2D eigenvalue weighted by molar-refractivity contribution is 0.122. The van der Waals surface area contributed by atoms with E-state index in [-0.39, 0.29) is 6.04 Å². The van der Waals surface area contributed by atoms with Gasteiger partial charge in [0.2, 0.25) is 0 Å². The third-order valence-electron chi connectivity index (χ3n) is 5.51. The van der Waals surface area contributed by atoms with Crippen molar-refractivity contribution in [2.75, 3.05) is 36.5 Å². The fraction of sp³-hybridized carbons (Fsp3) is 0.261. The van der Waals surface area contributed by atoms with Gasteiger partial charge in [-0.25, -0.2) is 13.8 Å². The average Bonchev–Trinajstić information content (AvgIpc) is 3.33. The summed E-state index contributed by atoms with van der Waals surface area (Å²) in [6.07, 6.45) is 3.52. The van der Waals surface area contributed by atoms with Crippen molar-refractivity contribution in [2.45, 2.75) is 13.0 Å². The molecule has 32 heavy (non-hydrogen) atoms. The van der Waals surface area contributed by atoms with Crippen molar-refractivity contribution in [3.05, 3.63) is 66.0 Å². The SMILES string of the molecule is CC(Nc1cc(F)cc(F)c1)c1cc(-c2cc[nH]n2)cc2ncc(N3CCOCC3)nc12. The lowest BCUT2D eigenvalue weighted by Crippen LogP contribution is -2.36. The molecule has 2 N–H and O–H groups in total. The molecule has 0 radical (unpaired) electrons.